The molecule has 26 heavy (non-hydrogen) atoms. The van der Waals surface area contributed by atoms with Crippen molar-refractivity contribution in [3.8, 4) is 0 Å². The molecule has 1 N–H and O–H groups in total. The van der Waals surface area contributed by atoms with Crippen molar-refractivity contribution in [1.82, 2.24) is 9.88 Å². The van der Waals surface area contributed by atoms with Gasteiger partial charge in [-0.05, 0) is 31.4 Å². The van der Waals surface area contributed by atoms with Gasteiger partial charge in [-0.2, -0.15) is 0 Å². The molecule has 1 saturated heterocycles. The second kappa shape index (κ2) is 8.52. The largest absolute Gasteiger partial charge is 0.355 e. The Labute approximate surface area is 156 Å². The van der Waals surface area contributed by atoms with E-state index in [1.165, 1.54) is 0 Å². The quantitative estimate of drug-likeness (QED) is 0.899. The van der Waals surface area contributed by atoms with E-state index in [2.05, 4.69) is 15.2 Å². The maximum Gasteiger partial charge on any atom is 0.227 e. The number of carbonyl (C=O) groups is 2. The van der Waals surface area contributed by atoms with E-state index in [1.807, 2.05) is 30.9 Å². The Morgan fingerprint density at radius 2 is 1.85 bits per heavy atom. The van der Waals surface area contributed by atoms with Gasteiger partial charge in [-0.3, -0.25) is 9.59 Å². The van der Waals surface area contributed by atoms with E-state index < -0.39 is 0 Å². The molecule has 0 atom stereocenters. The van der Waals surface area contributed by atoms with Gasteiger partial charge in [0.05, 0.1) is 11.9 Å². The summed E-state index contributed by atoms with van der Waals surface area (Å²) < 4.78 is 0. The predicted molar refractivity (Wildman–Crippen MR) is 103 cm³/mol. The van der Waals surface area contributed by atoms with Crippen LogP contribution in [-0.4, -0.2) is 47.9 Å². The molecule has 0 bridgehead atoms. The summed E-state index contributed by atoms with van der Waals surface area (Å²) in [6.45, 7) is 7.13. The molecule has 1 aliphatic carbocycles. The number of nitrogens with one attached hydrogen (secondary N) is 1. The number of pyridine rings is 1. The third-order valence-electron chi connectivity index (χ3n) is 5.37. The highest BCUT2D eigenvalue weighted by molar-refractivity contribution is 5.92. The molecule has 0 aromatic carbocycles. The number of anilines is 2. The smallest absolute Gasteiger partial charge is 0.227 e. The zero-order valence-corrected chi connectivity index (χ0v) is 15.9. The number of amides is 2. The maximum atomic E-state index is 12.2. The van der Waals surface area contributed by atoms with E-state index in [1.54, 1.807) is 6.20 Å². The Morgan fingerprint density at radius 1 is 1.08 bits per heavy atom. The molecule has 3 rings (SSSR count). The summed E-state index contributed by atoms with van der Waals surface area (Å²) in [7, 11) is 0. The van der Waals surface area contributed by atoms with Gasteiger partial charge in [0, 0.05) is 38.0 Å². The van der Waals surface area contributed by atoms with Crippen LogP contribution < -0.4 is 10.2 Å². The average molecular weight is 358 g/mol. The van der Waals surface area contributed by atoms with Crippen molar-refractivity contribution in [2.45, 2.75) is 46.0 Å². The van der Waals surface area contributed by atoms with Crippen LogP contribution in [0.4, 0.5) is 11.5 Å². The first kappa shape index (κ1) is 18.7. The molecular weight excluding hydrogens is 328 g/mol. The van der Waals surface area contributed by atoms with Crippen LogP contribution in [0.3, 0.4) is 0 Å². The Balaban J connectivity index is 1.56. The van der Waals surface area contributed by atoms with Crippen LogP contribution in [0, 0.1) is 11.8 Å². The number of hydrogen-bond acceptors (Lipinski definition) is 4. The highest BCUT2D eigenvalue weighted by Gasteiger charge is 2.23. The van der Waals surface area contributed by atoms with E-state index in [0.29, 0.717) is 0 Å². The SMILES string of the molecule is CC(C)C(=O)N1CCCN(c2ccc(NC(=O)C3CCCC3)cn2)CC1. The molecular formula is C20H30N4O2. The van der Waals surface area contributed by atoms with Crippen LogP contribution in [0.15, 0.2) is 18.3 Å². The standard InChI is InChI=1S/C20H30N4O2/c1-15(2)20(26)24-11-5-10-23(12-13-24)18-9-8-17(14-21-18)22-19(25)16-6-3-4-7-16/h8-9,14-16H,3-7,10-13H2,1-2H3,(H,22,25). The van der Waals surface area contributed by atoms with Gasteiger partial charge in [-0.25, -0.2) is 4.98 Å². The van der Waals surface area contributed by atoms with E-state index in [-0.39, 0.29) is 23.7 Å². The van der Waals surface area contributed by atoms with Crippen LogP contribution in [0.25, 0.3) is 0 Å². The number of nitrogens with zero attached hydrogens (tertiary/aromatic N) is 3. The topological polar surface area (TPSA) is 65.5 Å². The summed E-state index contributed by atoms with van der Waals surface area (Å²) in [6, 6.07) is 3.89. The Kier molecular flexibility index (Phi) is 6.12. The molecule has 0 unspecified atom stereocenters. The first-order chi connectivity index (χ1) is 12.5. The molecule has 2 heterocycles. The average Bonchev–Trinajstić information content (AvgIpc) is 3.07. The Morgan fingerprint density at radius 3 is 2.50 bits per heavy atom. The van der Waals surface area contributed by atoms with Gasteiger partial charge in [0.25, 0.3) is 0 Å². The summed E-state index contributed by atoms with van der Waals surface area (Å²) in [5.74, 6) is 1.45. The van der Waals surface area contributed by atoms with Crippen LogP contribution in [-0.2, 0) is 9.59 Å². The van der Waals surface area contributed by atoms with Crippen molar-refractivity contribution in [2.24, 2.45) is 11.8 Å². The highest BCUT2D eigenvalue weighted by Crippen LogP contribution is 2.26. The molecule has 142 valence electrons. The van der Waals surface area contributed by atoms with Crippen LogP contribution >= 0.6 is 0 Å². The zero-order valence-electron chi connectivity index (χ0n) is 15.9. The van der Waals surface area contributed by atoms with Crippen LogP contribution in [0.5, 0.6) is 0 Å². The minimum absolute atomic E-state index is 0.0439. The van der Waals surface area contributed by atoms with Gasteiger partial charge in [0.2, 0.25) is 11.8 Å². The summed E-state index contributed by atoms with van der Waals surface area (Å²) >= 11 is 0. The number of rotatable bonds is 4. The minimum Gasteiger partial charge on any atom is -0.355 e. The summed E-state index contributed by atoms with van der Waals surface area (Å²) in [6.07, 6.45) is 6.99. The summed E-state index contributed by atoms with van der Waals surface area (Å²) in [5.41, 5.74) is 0.761. The van der Waals surface area contributed by atoms with Gasteiger partial charge >= 0.3 is 0 Å². The van der Waals surface area contributed by atoms with Gasteiger partial charge in [0.1, 0.15) is 5.82 Å². The van der Waals surface area contributed by atoms with Crippen molar-refractivity contribution < 1.29 is 9.59 Å². The summed E-state index contributed by atoms with van der Waals surface area (Å²) in [4.78, 5) is 33.1. The van der Waals surface area contributed by atoms with Crippen molar-refractivity contribution >= 4 is 23.3 Å². The van der Waals surface area contributed by atoms with Gasteiger partial charge < -0.3 is 15.1 Å². The third kappa shape index (κ3) is 4.54. The Hall–Kier alpha value is -2.11. The third-order valence-corrected chi connectivity index (χ3v) is 5.37. The lowest BCUT2D eigenvalue weighted by Gasteiger charge is -2.24. The second-order valence-corrected chi connectivity index (χ2v) is 7.70. The number of aromatic nitrogens is 1. The molecule has 6 nitrogen and oxygen atoms in total. The monoisotopic (exact) mass is 358 g/mol. The zero-order chi connectivity index (χ0) is 18.5. The molecule has 2 aliphatic rings. The fraction of sp³-hybridized carbons (Fsp3) is 0.650. The molecule has 1 aliphatic heterocycles. The lowest BCUT2D eigenvalue weighted by molar-refractivity contribution is -0.134. The van der Waals surface area contributed by atoms with Crippen molar-refractivity contribution in [1.29, 1.82) is 0 Å². The molecule has 1 aromatic rings. The number of carbonyl (C=O) groups excluding carboxylic acids is 2. The normalized spacial score (nSPS) is 18.9. The second-order valence-electron chi connectivity index (χ2n) is 7.70. The van der Waals surface area contributed by atoms with Crippen LogP contribution in [0.1, 0.15) is 46.0 Å². The van der Waals surface area contributed by atoms with E-state index in [4.69, 9.17) is 0 Å². The lowest BCUT2D eigenvalue weighted by atomic mass is 10.1. The highest BCUT2D eigenvalue weighted by atomic mass is 16.2. The van der Waals surface area contributed by atoms with E-state index in [9.17, 15) is 9.59 Å². The van der Waals surface area contributed by atoms with Crippen LogP contribution in [0.2, 0.25) is 0 Å². The molecule has 0 spiro atoms. The number of hydrogen-bond donors (Lipinski definition) is 1. The van der Waals surface area contributed by atoms with E-state index >= 15 is 0 Å². The summed E-state index contributed by atoms with van der Waals surface area (Å²) in [5, 5.41) is 2.99. The van der Waals surface area contributed by atoms with Gasteiger partial charge in [0.15, 0.2) is 0 Å². The first-order valence-electron chi connectivity index (χ1n) is 9.85. The molecule has 1 saturated carbocycles. The molecule has 1 aromatic heterocycles. The minimum atomic E-state index is 0.0439. The maximum absolute atomic E-state index is 12.2. The fourth-order valence-corrected chi connectivity index (χ4v) is 3.81. The molecule has 0 radical (unpaired) electrons. The van der Waals surface area contributed by atoms with E-state index in [0.717, 1.165) is 69.8 Å². The first-order valence-corrected chi connectivity index (χ1v) is 9.85. The van der Waals surface area contributed by atoms with Crippen molar-refractivity contribution in [2.75, 3.05) is 36.4 Å². The lowest BCUT2D eigenvalue weighted by Crippen LogP contribution is -2.37. The molecule has 2 fully saturated rings. The van der Waals surface area contributed by atoms with Crippen molar-refractivity contribution in [3.63, 3.8) is 0 Å². The predicted octanol–water partition coefficient (Wildman–Crippen LogP) is 2.91. The molecule has 2 amide bonds. The fourth-order valence-electron chi connectivity index (χ4n) is 3.81. The molecule has 6 heteroatoms. The van der Waals surface area contributed by atoms with Crippen molar-refractivity contribution in [3.05, 3.63) is 18.3 Å². The van der Waals surface area contributed by atoms with Gasteiger partial charge in [-0.1, -0.05) is 26.7 Å². The Bertz CT molecular complexity index is 623. The van der Waals surface area contributed by atoms with Gasteiger partial charge in [-0.15, -0.1) is 0 Å².